The zero-order valence-corrected chi connectivity index (χ0v) is 10.8. The Hall–Kier alpha value is -3.02. The molecule has 0 atom stereocenters. The summed E-state index contributed by atoms with van der Waals surface area (Å²) in [6, 6.07) is 9.09. The number of carbonyl (C=O) groups is 1. The maximum Gasteiger partial charge on any atom is 0.339 e. The Morgan fingerprint density at radius 2 is 1.95 bits per heavy atom. The molecular weight excluding hydrogens is 273 g/mol. The smallest absolute Gasteiger partial charge is 0.339 e. The third kappa shape index (κ3) is 2.51. The number of aromatic carboxylic acids is 1. The van der Waals surface area contributed by atoms with E-state index in [1.54, 1.807) is 30.6 Å². The maximum absolute atomic E-state index is 13.3. The molecule has 0 unspecified atom stereocenters. The second-order valence-corrected chi connectivity index (χ2v) is 4.36. The minimum atomic E-state index is -1.12. The molecule has 0 saturated heterocycles. The van der Waals surface area contributed by atoms with Crippen LogP contribution in [0.1, 0.15) is 10.4 Å². The molecule has 5 nitrogen and oxygen atoms in total. The van der Waals surface area contributed by atoms with Gasteiger partial charge in [0.25, 0.3) is 0 Å². The van der Waals surface area contributed by atoms with Gasteiger partial charge in [0, 0.05) is 24.2 Å². The van der Waals surface area contributed by atoms with Crippen LogP contribution in [0.5, 0.6) is 0 Å². The second-order valence-electron chi connectivity index (χ2n) is 4.36. The highest BCUT2D eigenvalue weighted by Crippen LogP contribution is 2.24. The Labute approximate surface area is 119 Å². The fraction of sp³-hybridized carbons (Fsp3) is 0. The van der Waals surface area contributed by atoms with E-state index >= 15 is 0 Å². The summed E-state index contributed by atoms with van der Waals surface area (Å²) in [5, 5.41) is 13.6. The van der Waals surface area contributed by atoms with E-state index in [1.165, 1.54) is 29.1 Å². The largest absolute Gasteiger partial charge is 0.478 e. The number of halogens is 1. The summed E-state index contributed by atoms with van der Waals surface area (Å²) in [5.74, 6) is -1.56. The number of hydrogen-bond acceptors (Lipinski definition) is 3. The van der Waals surface area contributed by atoms with Gasteiger partial charge in [0.2, 0.25) is 0 Å². The summed E-state index contributed by atoms with van der Waals surface area (Å²) in [7, 11) is 0. The lowest BCUT2D eigenvalue weighted by Gasteiger charge is -2.00. The van der Waals surface area contributed by atoms with Gasteiger partial charge in [0.15, 0.2) is 0 Å². The zero-order valence-electron chi connectivity index (χ0n) is 10.8. The first-order valence-corrected chi connectivity index (χ1v) is 6.14. The van der Waals surface area contributed by atoms with E-state index in [9.17, 15) is 14.3 Å². The molecule has 2 heterocycles. The molecule has 6 heteroatoms. The summed E-state index contributed by atoms with van der Waals surface area (Å²) in [6.45, 7) is 0. The van der Waals surface area contributed by atoms with E-state index in [2.05, 4.69) is 10.1 Å². The predicted octanol–water partition coefficient (Wildman–Crippen LogP) is 2.77. The molecule has 104 valence electrons. The van der Waals surface area contributed by atoms with Crippen LogP contribution in [0.2, 0.25) is 0 Å². The Kier molecular flexibility index (Phi) is 3.19. The number of carboxylic acid groups (broad SMARTS) is 1. The Balaban J connectivity index is 2.16. The number of nitrogens with zero attached hydrogens (tertiary/aromatic N) is 3. The molecule has 0 aliphatic carbocycles. The normalized spacial score (nSPS) is 10.5. The first-order chi connectivity index (χ1) is 10.1. The number of aromatic nitrogens is 3. The minimum Gasteiger partial charge on any atom is -0.478 e. The quantitative estimate of drug-likeness (QED) is 0.802. The average Bonchev–Trinajstić information content (AvgIpc) is 2.93. The van der Waals surface area contributed by atoms with Gasteiger partial charge in [-0.25, -0.2) is 13.9 Å². The van der Waals surface area contributed by atoms with Crippen LogP contribution < -0.4 is 0 Å². The van der Waals surface area contributed by atoms with Crippen molar-refractivity contribution >= 4 is 5.97 Å². The summed E-state index contributed by atoms with van der Waals surface area (Å²) in [5.41, 5.74) is 1.33. The van der Waals surface area contributed by atoms with E-state index in [1.807, 2.05) is 0 Å². The second kappa shape index (κ2) is 5.16. The molecule has 0 aliphatic heterocycles. The molecule has 0 aliphatic rings. The fourth-order valence-corrected chi connectivity index (χ4v) is 2.01. The molecule has 0 radical (unpaired) electrons. The molecular formula is C15H10FN3O2. The van der Waals surface area contributed by atoms with Crippen molar-refractivity contribution < 1.29 is 14.3 Å². The molecule has 3 aromatic rings. The maximum atomic E-state index is 13.3. The first-order valence-electron chi connectivity index (χ1n) is 6.14. The fourth-order valence-electron chi connectivity index (χ4n) is 2.01. The highest BCUT2D eigenvalue weighted by molar-refractivity contribution is 5.94. The monoisotopic (exact) mass is 283 g/mol. The van der Waals surface area contributed by atoms with Crippen LogP contribution in [0.15, 0.2) is 55.0 Å². The number of pyridine rings is 1. The first kappa shape index (κ1) is 13.0. The number of hydrogen-bond donors (Lipinski definition) is 1. The van der Waals surface area contributed by atoms with Crippen molar-refractivity contribution in [3.63, 3.8) is 0 Å². The van der Waals surface area contributed by atoms with Gasteiger partial charge < -0.3 is 5.11 Å². The molecule has 1 aromatic carbocycles. The third-order valence-electron chi connectivity index (χ3n) is 2.97. The molecule has 21 heavy (non-hydrogen) atoms. The average molecular weight is 283 g/mol. The van der Waals surface area contributed by atoms with Crippen molar-refractivity contribution in [2.45, 2.75) is 0 Å². The van der Waals surface area contributed by atoms with Crippen molar-refractivity contribution in [3.05, 3.63) is 66.4 Å². The zero-order chi connectivity index (χ0) is 14.8. The van der Waals surface area contributed by atoms with Crippen LogP contribution in [0, 0.1) is 5.82 Å². The van der Waals surface area contributed by atoms with Crippen molar-refractivity contribution in [3.8, 4) is 16.9 Å². The molecule has 0 amide bonds. The number of carboxylic acids is 1. The van der Waals surface area contributed by atoms with Gasteiger partial charge >= 0.3 is 5.97 Å². The molecule has 3 rings (SSSR count). The van der Waals surface area contributed by atoms with Gasteiger partial charge in [-0.05, 0) is 24.3 Å². The standard InChI is InChI=1S/C15H10FN3O2/c16-11-3-1-2-10(8-11)14-13(15(20)21)9-19(18-14)12-4-6-17-7-5-12/h1-9H,(H,20,21). The molecule has 2 aromatic heterocycles. The van der Waals surface area contributed by atoms with E-state index < -0.39 is 11.8 Å². The Morgan fingerprint density at radius 1 is 1.19 bits per heavy atom. The van der Waals surface area contributed by atoms with E-state index in [0.717, 1.165) is 0 Å². The van der Waals surface area contributed by atoms with Gasteiger partial charge in [0.1, 0.15) is 17.1 Å². The summed E-state index contributed by atoms with van der Waals surface area (Å²) in [4.78, 5) is 15.3. The lowest BCUT2D eigenvalue weighted by Crippen LogP contribution is -1.96. The van der Waals surface area contributed by atoms with Crippen molar-refractivity contribution in [1.29, 1.82) is 0 Å². The third-order valence-corrected chi connectivity index (χ3v) is 2.97. The van der Waals surface area contributed by atoms with Crippen LogP contribution in [-0.2, 0) is 0 Å². The Bertz CT molecular complexity index is 800. The number of rotatable bonds is 3. The molecule has 0 fully saturated rings. The van der Waals surface area contributed by atoms with Gasteiger partial charge in [-0.15, -0.1) is 0 Å². The molecule has 0 spiro atoms. The van der Waals surface area contributed by atoms with Gasteiger partial charge in [-0.2, -0.15) is 5.10 Å². The van der Waals surface area contributed by atoms with Crippen molar-refractivity contribution in [1.82, 2.24) is 14.8 Å². The summed E-state index contributed by atoms with van der Waals surface area (Å²) >= 11 is 0. The number of benzene rings is 1. The highest BCUT2D eigenvalue weighted by Gasteiger charge is 2.18. The highest BCUT2D eigenvalue weighted by atomic mass is 19.1. The SMILES string of the molecule is O=C(O)c1cn(-c2ccncc2)nc1-c1cccc(F)c1. The van der Waals surface area contributed by atoms with Crippen LogP contribution in [0.25, 0.3) is 16.9 Å². The van der Waals surface area contributed by atoms with Crippen molar-refractivity contribution in [2.75, 3.05) is 0 Å². The summed E-state index contributed by atoms with van der Waals surface area (Å²) < 4.78 is 14.8. The topological polar surface area (TPSA) is 68.0 Å². The van der Waals surface area contributed by atoms with E-state index in [0.29, 0.717) is 11.3 Å². The van der Waals surface area contributed by atoms with Gasteiger partial charge in [-0.3, -0.25) is 4.98 Å². The van der Waals surface area contributed by atoms with E-state index in [4.69, 9.17) is 0 Å². The van der Waals surface area contributed by atoms with Crippen molar-refractivity contribution in [2.24, 2.45) is 0 Å². The van der Waals surface area contributed by atoms with E-state index in [-0.39, 0.29) is 11.3 Å². The van der Waals surface area contributed by atoms with Crippen LogP contribution in [0.4, 0.5) is 4.39 Å². The van der Waals surface area contributed by atoms with Gasteiger partial charge in [-0.1, -0.05) is 12.1 Å². The van der Waals surface area contributed by atoms with Crippen LogP contribution >= 0.6 is 0 Å². The van der Waals surface area contributed by atoms with Gasteiger partial charge in [0.05, 0.1) is 5.69 Å². The van der Waals surface area contributed by atoms with Crippen LogP contribution in [0.3, 0.4) is 0 Å². The minimum absolute atomic E-state index is 0.0115. The lowest BCUT2D eigenvalue weighted by atomic mass is 10.1. The molecule has 0 saturated carbocycles. The Morgan fingerprint density at radius 3 is 2.62 bits per heavy atom. The molecule has 1 N–H and O–H groups in total. The predicted molar refractivity (Wildman–Crippen MR) is 73.7 cm³/mol. The summed E-state index contributed by atoms with van der Waals surface area (Å²) in [6.07, 6.45) is 4.57. The lowest BCUT2D eigenvalue weighted by molar-refractivity contribution is 0.0697. The van der Waals surface area contributed by atoms with Crippen LogP contribution in [-0.4, -0.2) is 25.8 Å². The molecule has 0 bridgehead atoms.